The van der Waals surface area contributed by atoms with Gasteiger partial charge in [-0.1, -0.05) is 62.4 Å². The highest BCUT2D eigenvalue weighted by molar-refractivity contribution is 5.88. The van der Waals surface area contributed by atoms with E-state index in [0.29, 0.717) is 25.7 Å². The minimum atomic E-state index is -0.939. The second-order valence-corrected chi connectivity index (χ2v) is 13.0. The van der Waals surface area contributed by atoms with Crippen molar-refractivity contribution in [3.63, 3.8) is 0 Å². The molecule has 1 saturated heterocycles. The Kier molecular flexibility index (Phi) is 14.1. The number of alkyl carbamates (subject to hydrolysis) is 2. The lowest BCUT2D eigenvalue weighted by molar-refractivity contribution is -0.127. The zero-order chi connectivity index (χ0) is 32.8. The molecule has 4 amide bonds. The van der Waals surface area contributed by atoms with E-state index < -0.39 is 47.9 Å². The summed E-state index contributed by atoms with van der Waals surface area (Å²) < 4.78 is 16.9. The lowest BCUT2D eigenvalue weighted by atomic mass is 9.84. The van der Waals surface area contributed by atoms with Crippen LogP contribution in [0.1, 0.15) is 84.6 Å². The molecule has 1 heterocycles. The number of rotatable bonds is 15. The van der Waals surface area contributed by atoms with Gasteiger partial charge in [0.2, 0.25) is 11.8 Å². The van der Waals surface area contributed by atoms with Crippen molar-refractivity contribution in [3.8, 4) is 0 Å². The molecule has 1 aliphatic carbocycles. The van der Waals surface area contributed by atoms with Gasteiger partial charge in [-0.25, -0.2) is 9.59 Å². The average Bonchev–Trinajstić information content (AvgIpc) is 3.41. The van der Waals surface area contributed by atoms with E-state index in [0.717, 1.165) is 37.7 Å². The van der Waals surface area contributed by atoms with E-state index in [1.165, 1.54) is 0 Å². The first-order valence-electron chi connectivity index (χ1n) is 16.0. The van der Waals surface area contributed by atoms with Gasteiger partial charge in [-0.3, -0.25) is 9.59 Å². The van der Waals surface area contributed by atoms with E-state index in [1.807, 2.05) is 51.1 Å². The quantitative estimate of drug-likeness (QED) is 0.213. The number of hydrogen-bond acceptors (Lipinski definition) is 8. The van der Waals surface area contributed by atoms with E-state index >= 15 is 0 Å². The van der Waals surface area contributed by atoms with Crippen molar-refractivity contribution in [2.75, 3.05) is 13.2 Å². The fourth-order valence-corrected chi connectivity index (χ4v) is 5.80. The lowest BCUT2D eigenvalue weighted by Gasteiger charge is -2.31. The molecule has 1 aromatic carbocycles. The second-order valence-electron chi connectivity index (χ2n) is 13.0. The van der Waals surface area contributed by atoms with Gasteiger partial charge in [0.25, 0.3) is 0 Å². The molecule has 1 aliphatic heterocycles. The number of ether oxygens (including phenoxy) is 3. The van der Waals surface area contributed by atoms with Crippen LogP contribution >= 0.6 is 0 Å². The fraction of sp³-hybridized carbons (Fsp3) is 0.667. The number of aldehydes is 1. The van der Waals surface area contributed by atoms with Gasteiger partial charge in [0.05, 0.1) is 23.8 Å². The number of carbonyl (C=O) groups is 5. The Morgan fingerprint density at radius 1 is 0.956 bits per heavy atom. The molecule has 4 N–H and O–H groups in total. The predicted molar refractivity (Wildman–Crippen MR) is 167 cm³/mol. The van der Waals surface area contributed by atoms with Gasteiger partial charge < -0.3 is 40.3 Å². The summed E-state index contributed by atoms with van der Waals surface area (Å²) in [5, 5.41) is 10.9. The van der Waals surface area contributed by atoms with Gasteiger partial charge in [0.15, 0.2) is 0 Å². The van der Waals surface area contributed by atoms with E-state index in [4.69, 9.17) is 14.2 Å². The summed E-state index contributed by atoms with van der Waals surface area (Å²) in [6.45, 7) is 7.76. The highest BCUT2D eigenvalue weighted by Crippen LogP contribution is 2.27. The third kappa shape index (κ3) is 13.1. The molecule has 3 rings (SSSR count). The standard InChI is InChI=1S/C33H50N4O8/c1-22(45-33(2,3)4)28(37-32(42)43-20-24-13-9-6-10-14-24)21-44-31(41)36-27(17-23-11-7-5-8-12-23)30(40)35-26(19-38)18-25-15-16-34-29(25)39/h6,9-10,13-14,19,22-23,25-28H,5,7-8,11-12,15-18,20-21H2,1-4H3,(H,34,39)(H,35,40)(H,36,41)(H,37,42)/t22-,25+,26+,27+,28-/m1/s1. The largest absolute Gasteiger partial charge is 0.447 e. The van der Waals surface area contributed by atoms with E-state index in [-0.39, 0.29) is 37.4 Å². The first kappa shape index (κ1) is 35.8. The van der Waals surface area contributed by atoms with Crippen LogP contribution in [0.15, 0.2) is 30.3 Å². The van der Waals surface area contributed by atoms with Gasteiger partial charge in [0, 0.05) is 12.5 Å². The van der Waals surface area contributed by atoms with Gasteiger partial charge in [-0.15, -0.1) is 0 Å². The van der Waals surface area contributed by atoms with Crippen LogP contribution in [-0.2, 0) is 35.2 Å². The van der Waals surface area contributed by atoms with Gasteiger partial charge >= 0.3 is 12.2 Å². The SMILES string of the molecule is C[C@@H](OC(C)(C)C)[C@@H](COC(=O)N[C@@H](CC1CCCCC1)C(=O)N[C@H](C=O)C[C@@H]1CCNC1=O)NC(=O)OCc1ccccc1. The van der Waals surface area contributed by atoms with Crippen molar-refractivity contribution in [2.45, 2.75) is 115 Å². The molecule has 0 bridgehead atoms. The van der Waals surface area contributed by atoms with Crippen LogP contribution in [-0.4, -0.2) is 73.3 Å². The molecule has 5 atom stereocenters. The summed E-state index contributed by atoms with van der Waals surface area (Å²) in [7, 11) is 0. The first-order chi connectivity index (χ1) is 21.4. The molecule has 0 radical (unpaired) electrons. The summed E-state index contributed by atoms with van der Waals surface area (Å²) >= 11 is 0. The number of carbonyl (C=O) groups excluding carboxylic acids is 5. The van der Waals surface area contributed by atoms with Gasteiger partial charge in [-0.05, 0) is 58.4 Å². The van der Waals surface area contributed by atoms with Crippen molar-refractivity contribution in [3.05, 3.63) is 35.9 Å². The second kappa shape index (κ2) is 17.7. The highest BCUT2D eigenvalue weighted by atomic mass is 16.6. The summed E-state index contributed by atoms with van der Waals surface area (Å²) in [6, 6.07) is 6.70. The van der Waals surface area contributed by atoms with Crippen molar-refractivity contribution >= 4 is 30.3 Å². The predicted octanol–water partition coefficient (Wildman–Crippen LogP) is 3.76. The Bertz CT molecular complexity index is 1120. The molecule has 0 unspecified atom stereocenters. The Labute approximate surface area is 266 Å². The van der Waals surface area contributed by atoms with Crippen molar-refractivity contribution in [1.82, 2.24) is 21.3 Å². The molecular formula is C33H50N4O8. The van der Waals surface area contributed by atoms with Crippen LogP contribution in [0.3, 0.4) is 0 Å². The van der Waals surface area contributed by atoms with Crippen LogP contribution in [0.4, 0.5) is 9.59 Å². The Morgan fingerprint density at radius 2 is 1.64 bits per heavy atom. The molecule has 0 aromatic heterocycles. The van der Waals surface area contributed by atoms with Crippen LogP contribution in [0.5, 0.6) is 0 Å². The molecule has 2 aliphatic rings. The summed E-state index contributed by atoms with van der Waals surface area (Å²) in [4.78, 5) is 62.9. The maximum atomic E-state index is 13.4. The van der Waals surface area contributed by atoms with Gasteiger partial charge in [0.1, 0.15) is 25.5 Å². The van der Waals surface area contributed by atoms with Crippen molar-refractivity contribution in [1.29, 1.82) is 0 Å². The number of hydrogen-bond donors (Lipinski definition) is 4. The fourth-order valence-electron chi connectivity index (χ4n) is 5.80. The minimum absolute atomic E-state index is 0.0698. The maximum absolute atomic E-state index is 13.4. The van der Waals surface area contributed by atoms with Crippen molar-refractivity contribution in [2.24, 2.45) is 11.8 Å². The Morgan fingerprint density at radius 3 is 2.27 bits per heavy atom. The zero-order valence-electron chi connectivity index (χ0n) is 27.0. The molecule has 1 saturated carbocycles. The molecule has 45 heavy (non-hydrogen) atoms. The molecular weight excluding hydrogens is 580 g/mol. The summed E-state index contributed by atoms with van der Waals surface area (Å²) in [5.41, 5.74) is 0.289. The average molecular weight is 631 g/mol. The number of nitrogens with one attached hydrogen (secondary N) is 4. The third-order valence-corrected chi connectivity index (χ3v) is 8.11. The van der Waals surface area contributed by atoms with E-state index in [9.17, 15) is 24.0 Å². The van der Waals surface area contributed by atoms with E-state index in [1.54, 1.807) is 6.92 Å². The van der Waals surface area contributed by atoms with E-state index in [2.05, 4.69) is 21.3 Å². The Hall–Kier alpha value is -3.67. The van der Waals surface area contributed by atoms with Crippen LogP contribution < -0.4 is 21.3 Å². The molecule has 250 valence electrons. The molecule has 12 heteroatoms. The lowest BCUT2D eigenvalue weighted by Crippen LogP contribution is -2.53. The molecule has 12 nitrogen and oxygen atoms in total. The maximum Gasteiger partial charge on any atom is 0.407 e. The minimum Gasteiger partial charge on any atom is -0.447 e. The highest BCUT2D eigenvalue weighted by Gasteiger charge is 2.32. The smallest absolute Gasteiger partial charge is 0.407 e. The van der Waals surface area contributed by atoms with Crippen molar-refractivity contribution < 1.29 is 38.2 Å². The van der Waals surface area contributed by atoms with Crippen LogP contribution in [0.2, 0.25) is 0 Å². The number of amides is 4. The van der Waals surface area contributed by atoms with Gasteiger partial charge in [-0.2, -0.15) is 0 Å². The Balaban J connectivity index is 1.62. The number of benzene rings is 1. The molecule has 2 fully saturated rings. The topological polar surface area (TPSA) is 161 Å². The normalized spacial score (nSPS) is 19.7. The monoisotopic (exact) mass is 630 g/mol. The molecule has 1 aromatic rings. The molecule has 0 spiro atoms. The summed E-state index contributed by atoms with van der Waals surface area (Å²) in [5.74, 6) is -0.750. The third-order valence-electron chi connectivity index (χ3n) is 8.11. The van der Waals surface area contributed by atoms with Crippen LogP contribution in [0, 0.1) is 11.8 Å². The summed E-state index contributed by atoms with van der Waals surface area (Å²) in [6.07, 6.45) is 4.86. The van der Waals surface area contributed by atoms with Crippen LogP contribution in [0.25, 0.3) is 0 Å². The zero-order valence-corrected chi connectivity index (χ0v) is 27.0. The first-order valence-corrected chi connectivity index (χ1v) is 16.0.